The molecule has 0 unspecified atom stereocenters. The summed E-state index contributed by atoms with van der Waals surface area (Å²) >= 11 is 1.35. The van der Waals surface area contributed by atoms with E-state index in [0.717, 1.165) is 73.7 Å². The summed E-state index contributed by atoms with van der Waals surface area (Å²) in [5.74, 6) is -1.82. The predicted octanol–water partition coefficient (Wildman–Crippen LogP) is 11.7. The van der Waals surface area contributed by atoms with Crippen molar-refractivity contribution in [2.75, 3.05) is 31.4 Å². The molecule has 2 saturated carbocycles. The van der Waals surface area contributed by atoms with Gasteiger partial charge in [-0.05, 0) is 182 Å². The second-order valence-electron chi connectivity index (χ2n) is 19.3. The summed E-state index contributed by atoms with van der Waals surface area (Å²) in [5, 5.41) is 6.23. The number of nitrogens with zero attached hydrogens (tertiary/aromatic N) is 3. The van der Waals surface area contributed by atoms with Crippen molar-refractivity contribution >= 4 is 68.7 Å². The maximum absolute atomic E-state index is 13.8. The zero-order chi connectivity index (χ0) is 56.5. The van der Waals surface area contributed by atoms with E-state index in [0.29, 0.717) is 111 Å². The van der Waals surface area contributed by atoms with Crippen molar-refractivity contribution in [1.82, 2.24) is 4.98 Å². The molecule has 420 valence electrons. The van der Waals surface area contributed by atoms with E-state index in [1.54, 1.807) is 60.7 Å². The molecule has 4 aromatic carbocycles. The second-order valence-corrected chi connectivity index (χ2v) is 20.4. The third kappa shape index (κ3) is 18.7. The number of para-hydroxylation sites is 1. The molecule has 0 amide bonds. The van der Waals surface area contributed by atoms with E-state index in [1.165, 1.54) is 28.6 Å². The maximum Gasteiger partial charge on any atom is 0.330 e. The highest BCUT2D eigenvalue weighted by molar-refractivity contribution is 7.22. The van der Waals surface area contributed by atoms with Crippen LogP contribution in [0.15, 0.2) is 121 Å². The van der Waals surface area contributed by atoms with Crippen molar-refractivity contribution in [1.29, 1.82) is 0 Å². The minimum Gasteiger partial charge on any atom is -0.494 e. The molecule has 7 rings (SSSR count). The van der Waals surface area contributed by atoms with Crippen LogP contribution in [0.25, 0.3) is 10.2 Å². The van der Waals surface area contributed by atoms with E-state index in [9.17, 15) is 28.8 Å². The summed E-state index contributed by atoms with van der Waals surface area (Å²) in [6.07, 6.45) is 19.9. The second kappa shape index (κ2) is 31.3. The number of hydrogen-bond donors (Lipinski definition) is 0. The molecule has 0 saturated heterocycles. The number of esters is 6. The number of terminal acetylenes is 1. The molecule has 0 radical (unpaired) electrons. The van der Waals surface area contributed by atoms with E-state index in [4.69, 9.17) is 44.3 Å². The Morgan fingerprint density at radius 3 is 1.41 bits per heavy atom. The summed E-state index contributed by atoms with van der Waals surface area (Å²) in [4.78, 5) is 80.7. The number of hydrogen-bond acceptors (Lipinski definition) is 18. The normalized spacial score (nSPS) is 16.8. The molecule has 80 heavy (non-hydrogen) atoms. The fraction of sp³-hybridized carbons (Fsp3) is 0.387. The molecule has 2 fully saturated rings. The first-order valence-electron chi connectivity index (χ1n) is 27.2. The third-order valence-electron chi connectivity index (χ3n) is 13.6. The van der Waals surface area contributed by atoms with Gasteiger partial charge >= 0.3 is 35.8 Å². The maximum atomic E-state index is 13.8. The van der Waals surface area contributed by atoms with Crippen LogP contribution in [-0.2, 0) is 38.2 Å². The largest absolute Gasteiger partial charge is 0.494 e. The third-order valence-corrected chi connectivity index (χ3v) is 14.6. The lowest BCUT2D eigenvalue weighted by Gasteiger charge is -2.26. The Hall–Kier alpha value is -8.30. The first kappa shape index (κ1) is 59.4. The summed E-state index contributed by atoms with van der Waals surface area (Å²) in [5.41, 5.74) is 1.06. The van der Waals surface area contributed by atoms with E-state index in [2.05, 4.69) is 29.3 Å². The lowest BCUT2D eigenvalue weighted by molar-refractivity contribution is -0.145. The highest BCUT2D eigenvalue weighted by atomic mass is 32.1. The van der Waals surface area contributed by atoms with Crippen molar-refractivity contribution in [2.45, 2.75) is 103 Å². The van der Waals surface area contributed by atoms with Crippen LogP contribution < -0.4 is 33.4 Å². The zero-order valence-electron chi connectivity index (χ0n) is 44.8. The molecule has 2 aliphatic carbocycles. The highest BCUT2D eigenvalue weighted by Crippen LogP contribution is 2.35. The van der Waals surface area contributed by atoms with Crippen molar-refractivity contribution < 1.29 is 66.7 Å². The smallest absolute Gasteiger partial charge is 0.330 e. The summed E-state index contributed by atoms with van der Waals surface area (Å²) < 4.78 is 45.9. The Bertz CT molecular complexity index is 2930. The number of rotatable bonds is 29. The Kier molecular flexibility index (Phi) is 23.2. The van der Waals surface area contributed by atoms with Gasteiger partial charge in [0.25, 0.3) is 0 Å². The lowest BCUT2D eigenvalue weighted by Crippen LogP contribution is -2.30. The molecular weight excluding hydrogens is 1040 g/mol. The van der Waals surface area contributed by atoms with Crippen LogP contribution in [0.1, 0.15) is 108 Å². The molecule has 0 N–H and O–H groups in total. The van der Waals surface area contributed by atoms with Gasteiger partial charge in [0.1, 0.15) is 34.5 Å². The topological polar surface area (TPSA) is 205 Å². The van der Waals surface area contributed by atoms with Crippen LogP contribution in [0, 0.1) is 36.1 Å². The number of unbranched alkanes of at least 4 members (excludes halogenated alkanes) is 6. The fourth-order valence-corrected chi connectivity index (χ4v) is 9.97. The molecule has 0 atom stereocenters. The first-order chi connectivity index (χ1) is 39.0. The van der Waals surface area contributed by atoms with E-state index in [-0.39, 0.29) is 23.4 Å². The van der Waals surface area contributed by atoms with Gasteiger partial charge in [0.05, 0.1) is 66.5 Å². The van der Waals surface area contributed by atoms with Crippen molar-refractivity contribution in [3.05, 3.63) is 122 Å². The average molecular weight is 1110 g/mol. The van der Waals surface area contributed by atoms with Crippen LogP contribution >= 0.6 is 11.3 Å². The first-order valence-corrected chi connectivity index (χ1v) is 28.0. The van der Waals surface area contributed by atoms with Crippen LogP contribution in [-0.4, -0.2) is 73.4 Å². The van der Waals surface area contributed by atoms with Crippen LogP contribution in [0.3, 0.4) is 0 Å². The number of thiazole rings is 1. The number of carbonyl (C=O) groups is 6. The zero-order valence-corrected chi connectivity index (χ0v) is 45.6. The van der Waals surface area contributed by atoms with Gasteiger partial charge in [0, 0.05) is 23.8 Å². The van der Waals surface area contributed by atoms with Crippen molar-refractivity contribution in [2.24, 2.45) is 28.8 Å². The molecule has 0 aliphatic heterocycles. The SMILES string of the molecule is C#CN(/N=C/c1cc(OC(=O)C2CCC(C(=O)Oc3ccc(OCCCCCCOC(=O)C=C)cc3)CC2)ccc1OC(=O)C1CCC(C(=O)Oc2ccc(OCCCCCCOC(=O)C=C)cc2)CC1)c1nc2ccccc2s1. The minimum absolute atomic E-state index is 0.160. The molecule has 1 aromatic heterocycles. The van der Waals surface area contributed by atoms with E-state index >= 15 is 0 Å². The monoisotopic (exact) mass is 1110 g/mol. The molecule has 2 aliphatic rings. The van der Waals surface area contributed by atoms with Gasteiger partial charge in [0.15, 0.2) is 0 Å². The van der Waals surface area contributed by atoms with E-state index < -0.39 is 47.5 Å². The van der Waals surface area contributed by atoms with Crippen LogP contribution in [0.4, 0.5) is 5.13 Å². The quantitative estimate of drug-likeness (QED) is 0.00638. The highest BCUT2D eigenvalue weighted by Gasteiger charge is 2.34. The van der Waals surface area contributed by atoms with Gasteiger partial charge < -0.3 is 37.9 Å². The minimum atomic E-state index is -0.494. The number of ether oxygens (including phenoxy) is 8. The summed E-state index contributed by atoms with van der Waals surface area (Å²) in [6, 6.07) is 28.5. The number of benzene rings is 4. The molecule has 18 heteroatoms. The van der Waals surface area contributed by atoms with Gasteiger partial charge in [0.2, 0.25) is 5.13 Å². The number of aromatic nitrogens is 1. The number of fused-ring (bicyclic) bond motifs is 1. The van der Waals surface area contributed by atoms with Crippen LogP contribution in [0.2, 0.25) is 0 Å². The molecule has 17 nitrogen and oxygen atoms in total. The summed E-state index contributed by atoms with van der Waals surface area (Å²) in [7, 11) is 0. The standard InChI is InChI=1S/C62H67N3O14S/c1-4-56(66)74-39-15-9-7-13-37-72-48-27-31-50(32-28-48)76-58(68)43-19-21-45(22-20-43)60(70)78-52-35-36-54(47(41-52)42-63-65(6-3)62-64-53-17-11-12-18-55(53)80-62)79-61(71)46-25-23-44(24-26-46)59(69)77-51-33-29-49(30-34-51)73-38-14-8-10-16-40-75-57(67)5-2/h3-5,11-12,17-18,27-36,41-46H,1-2,7-10,13-16,19-26,37-40H2/b63-42+. The molecule has 5 aromatic rings. The van der Waals surface area contributed by atoms with Crippen molar-refractivity contribution in [3.63, 3.8) is 0 Å². The van der Waals surface area contributed by atoms with Crippen LogP contribution in [0.5, 0.6) is 34.5 Å². The Morgan fingerprint density at radius 1 is 0.550 bits per heavy atom. The van der Waals surface area contributed by atoms with Gasteiger partial charge in [-0.3, -0.25) is 19.2 Å². The fourth-order valence-electron chi connectivity index (χ4n) is 9.08. The average Bonchev–Trinajstić information content (AvgIpc) is 3.92. The number of anilines is 1. The van der Waals surface area contributed by atoms with Gasteiger partial charge in [-0.1, -0.05) is 43.1 Å². The molecule has 1 heterocycles. The van der Waals surface area contributed by atoms with E-state index in [1.807, 2.05) is 24.3 Å². The predicted molar refractivity (Wildman–Crippen MR) is 302 cm³/mol. The number of carbonyl (C=O) groups excluding carboxylic acids is 6. The Morgan fingerprint density at radius 2 is 0.963 bits per heavy atom. The molecule has 0 bridgehead atoms. The number of hydrazone groups is 1. The van der Waals surface area contributed by atoms with Gasteiger partial charge in [-0.2, -0.15) is 10.1 Å². The van der Waals surface area contributed by atoms with Crippen molar-refractivity contribution in [3.8, 4) is 47.0 Å². The molecule has 0 spiro atoms. The Labute approximate surface area is 470 Å². The Balaban J connectivity index is 0.878. The lowest BCUT2D eigenvalue weighted by atomic mass is 9.82. The molecular formula is C62H67N3O14S. The van der Waals surface area contributed by atoms with Gasteiger partial charge in [-0.15, -0.1) is 0 Å². The summed E-state index contributed by atoms with van der Waals surface area (Å²) in [6.45, 7) is 8.55. The van der Waals surface area contributed by atoms with Gasteiger partial charge in [-0.25, -0.2) is 14.6 Å².